The lowest BCUT2D eigenvalue weighted by Gasteiger charge is -2.27. The highest BCUT2D eigenvalue weighted by atomic mass is 32.2. The Kier molecular flexibility index (Phi) is 4.38. The average molecular weight is 323 g/mol. The molecule has 2 aliphatic rings. The average Bonchev–Trinajstić information content (AvgIpc) is 2.98. The molecular formula is C16H18FNO3S. The number of halogens is 1. The number of hydrogen-bond donors (Lipinski definition) is 2. The highest BCUT2D eigenvalue weighted by Crippen LogP contribution is 2.37. The van der Waals surface area contributed by atoms with E-state index >= 15 is 0 Å². The number of amides is 1. The van der Waals surface area contributed by atoms with Gasteiger partial charge in [-0.05, 0) is 49.4 Å². The predicted molar refractivity (Wildman–Crippen MR) is 81.1 cm³/mol. The van der Waals surface area contributed by atoms with E-state index in [1.165, 1.54) is 12.1 Å². The Morgan fingerprint density at radius 1 is 1.23 bits per heavy atom. The lowest BCUT2D eigenvalue weighted by molar-refractivity contribution is -0.141. The molecule has 6 heteroatoms. The summed E-state index contributed by atoms with van der Waals surface area (Å²) in [5.41, 5.74) is 0.831. The Morgan fingerprint density at radius 3 is 2.73 bits per heavy atom. The topological polar surface area (TPSA) is 66.4 Å². The van der Waals surface area contributed by atoms with Gasteiger partial charge in [-0.15, -0.1) is 11.8 Å². The number of benzene rings is 1. The third-order valence-corrected chi connectivity index (χ3v) is 5.60. The van der Waals surface area contributed by atoms with Crippen LogP contribution in [0.25, 0.3) is 0 Å². The first-order valence-corrected chi connectivity index (χ1v) is 8.48. The van der Waals surface area contributed by atoms with Crippen LogP contribution in [0.1, 0.15) is 37.3 Å². The third kappa shape index (κ3) is 3.11. The van der Waals surface area contributed by atoms with Gasteiger partial charge in [0.2, 0.25) is 5.91 Å². The SMILES string of the molecule is O=C(O)[C@@H]1CC[C@H](C(=O)NC2CCSc3ccc(F)cc32)C1. The number of hydrogen-bond acceptors (Lipinski definition) is 3. The number of thioether (sulfide) groups is 1. The third-order valence-electron chi connectivity index (χ3n) is 4.48. The van der Waals surface area contributed by atoms with Gasteiger partial charge in [-0.2, -0.15) is 0 Å². The molecule has 1 saturated carbocycles. The Morgan fingerprint density at radius 2 is 2.00 bits per heavy atom. The lowest BCUT2D eigenvalue weighted by Crippen LogP contribution is -2.34. The van der Waals surface area contributed by atoms with Crippen molar-refractivity contribution in [2.75, 3.05) is 5.75 Å². The summed E-state index contributed by atoms with van der Waals surface area (Å²) in [5, 5.41) is 12.0. The largest absolute Gasteiger partial charge is 0.481 e. The van der Waals surface area contributed by atoms with Crippen molar-refractivity contribution in [1.82, 2.24) is 5.32 Å². The van der Waals surface area contributed by atoms with Crippen LogP contribution in [-0.4, -0.2) is 22.7 Å². The maximum atomic E-state index is 13.5. The minimum atomic E-state index is -0.822. The zero-order valence-corrected chi connectivity index (χ0v) is 12.9. The molecule has 3 rings (SSSR count). The van der Waals surface area contributed by atoms with Crippen molar-refractivity contribution >= 4 is 23.6 Å². The monoisotopic (exact) mass is 323 g/mol. The molecule has 4 nitrogen and oxygen atoms in total. The Hall–Kier alpha value is -1.56. The maximum Gasteiger partial charge on any atom is 0.306 e. The van der Waals surface area contributed by atoms with Crippen molar-refractivity contribution in [2.45, 2.75) is 36.6 Å². The van der Waals surface area contributed by atoms with Gasteiger partial charge in [-0.1, -0.05) is 0 Å². The van der Waals surface area contributed by atoms with E-state index in [-0.39, 0.29) is 23.7 Å². The molecule has 0 radical (unpaired) electrons. The molecule has 2 N–H and O–H groups in total. The molecule has 1 heterocycles. The van der Waals surface area contributed by atoms with Gasteiger partial charge in [0.05, 0.1) is 12.0 Å². The van der Waals surface area contributed by atoms with E-state index in [0.29, 0.717) is 19.3 Å². The van der Waals surface area contributed by atoms with Gasteiger partial charge in [-0.3, -0.25) is 9.59 Å². The maximum absolute atomic E-state index is 13.5. The van der Waals surface area contributed by atoms with Crippen molar-refractivity contribution in [3.05, 3.63) is 29.6 Å². The van der Waals surface area contributed by atoms with E-state index < -0.39 is 11.9 Å². The van der Waals surface area contributed by atoms with Crippen molar-refractivity contribution in [1.29, 1.82) is 0 Å². The summed E-state index contributed by atoms with van der Waals surface area (Å²) in [7, 11) is 0. The van der Waals surface area contributed by atoms with Crippen LogP contribution in [0, 0.1) is 17.7 Å². The van der Waals surface area contributed by atoms with Gasteiger partial charge in [0.1, 0.15) is 5.82 Å². The molecule has 1 aliphatic carbocycles. The Bertz CT molecular complexity index is 607. The van der Waals surface area contributed by atoms with Crippen LogP contribution in [0.15, 0.2) is 23.1 Å². The summed E-state index contributed by atoms with van der Waals surface area (Å²) in [6.07, 6.45) is 2.33. The van der Waals surface area contributed by atoms with Crippen molar-refractivity contribution in [3.63, 3.8) is 0 Å². The molecule has 22 heavy (non-hydrogen) atoms. The summed E-state index contributed by atoms with van der Waals surface area (Å²) in [6, 6.07) is 4.50. The minimum Gasteiger partial charge on any atom is -0.481 e. The fourth-order valence-electron chi connectivity index (χ4n) is 3.25. The molecular weight excluding hydrogens is 305 g/mol. The van der Waals surface area contributed by atoms with Crippen molar-refractivity contribution < 1.29 is 19.1 Å². The second kappa shape index (κ2) is 6.28. The first-order chi connectivity index (χ1) is 10.5. The number of carbonyl (C=O) groups is 2. The van der Waals surface area contributed by atoms with E-state index in [2.05, 4.69) is 5.32 Å². The normalized spacial score (nSPS) is 27.2. The van der Waals surface area contributed by atoms with Crippen molar-refractivity contribution in [2.24, 2.45) is 11.8 Å². The predicted octanol–water partition coefficient (Wildman–Crippen LogP) is 2.98. The van der Waals surface area contributed by atoms with Crippen LogP contribution in [0.2, 0.25) is 0 Å². The zero-order chi connectivity index (χ0) is 15.7. The molecule has 1 aromatic rings. The number of rotatable bonds is 3. The summed E-state index contributed by atoms with van der Waals surface area (Å²) in [6.45, 7) is 0. The summed E-state index contributed by atoms with van der Waals surface area (Å²) in [4.78, 5) is 24.4. The highest BCUT2D eigenvalue weighted by Gasteiger charge is 2.35. The number of carboxylic acid groups (broad SMARTS) is 1. The molecule has 0 aromatic heterocycles. The molecule has 1 unspecified atom stereocenters. The van der Waals surface area contributed by atoms with Crippen LogP contribution >= 0.6 is 11.8 Å². The van der Waals surface area contributed by atoms with E-state index in [1.807, 2.05) is 0 Å². The van der Waals surface area contributed by atoms with E-state index in [1.54, 1.807) is 17.8 Å². The summed E-state index contributed by atoms with van der Waals surface area (Å²) < 4.78 is 13.5. The van der Waals surface area contributed by atoms with Gasteiger partial charge in [-0.25, -0.2) is 4.39 Å². The second-order valence-electron chi connectivity index (χ2n) is 5.93. The van der Waals surface area contributed by atoms with Gasteiger partial charge in [0.15, 0.2) is 0 Å². The number of carboxylic acids is 1. The standard InChI is InChI=1S/C16H18FNO3S/c17-11-3-4-14-12(8-11)13(5-6-22-14)18-15(19)9-1-2-10(7-9)16(20)21/h3-4,8-10,13H,1-2,5-7H2,(H,18,19)(H,20,21)/t9-,10+,13?/m0/s1. The zero-order valence-electron chi connectivity index (χ0n) is 12.0. The number of nitrogens with one attached hydrogen (secondary N) is 1. The van der Waals surface area contributed by atoms with Gasteiger partial charge < -0.3 is 10.4 Å². The molecule has 0 spiro atoms. The summed E-state index contributed by atoms with van der Waals surface area (Å²) in [5.74, 6) is -0.999. The fourth-order valence-corrected chi connectivity index (χ4v) is 4.35. The first-order valence-electron chi connectivity index (χ1n) is 7.50. The number of fused-ring (bicyclic) bond motifs is 1. The van der Waals surface area contributed by atoms with E-state index in [0.717, 1.165) is 22.6 Å². The lowest BCUT2D eigenvalue weighted by atomic mass is 10.0. The van der Waals surface area contributed by atoms with Crippen molar-refractivity contribution in [3.8, 4) is 0 Å². The molecule has 3 atom stereocenters. The number of carbonyl (C=O) groups excluding carboxylic acids is 1. The van der Waals surface area contributed by atoms with Gasteiger partial charge >= 0.3 is 5.97 Å². The molecule has 0 bridgehead atoms. The highest BCUT2D eigenvalue weighted by molar-refractivity contribution is 7.99. The van der Waals surface area contributed by atoms with Crippen LogP contribution < -0.4 is 5.32 Å². The molecule has 1 fully saturated rings. The molecule has 0 saturated heterocycles. The van der Waals surface area contributed by atoms with Crippen LogP contribution in [0.3, 0.4) is 0 Å². The molecule has 1 aromatic carbocycles. The quantitative estimate of drug-likeness (QED) is 0.897. The fraction of sp³-hybridized carbons (Fsp3) is 0.500. The smallest absolute Gasteiger partial charge is 0.306 e. The Labute approximate surface area is 132 Å². The van der Waals surface area contributed by atoms with Crippen LogP contribution in [0.4, 0.5) is 4.39 Å². The minimum absolute atomic E-state index is 0.101. The van der Waals surface area contributed by atoms with E-state index in [9.17, 15) is 14.0 Å². The van der Waals surface area contributed by atoms with Crippen LogP contribution in [-0.2, 0) is 9.59 Å². The molecule has 118 valence electrons. The summed E-state index contributed by atoms with van der Waals surface area (Å²) >= 11 is 1.67. The van der Waals surface area contributed by atoms with E-state index in [4.69, 9.17) is 5.11 Å². The van der Waals surface area contributed by atoms with Gasteiger partial charge in [0, 0.05) is 16.6 Å². The van der Waals surface area contributed by atoms with Crippen LogP contribution in [0.5, 0.6) is 0 Å². The molecule has 1 amide bonds. The first kappa shape index (κ1) is 15.3. The van der Waals surface area contributed by atoms with Gasteiger partial charge in [0.25, 0.3) is 0 Å². The number of aliphatic carboxylic acids is 1. The second-order valence-corrected chi connectivity index (χ2v) is 7.06. The Balaban J connectivity index is 1.68. The molecule has 1 aliphatic heterocycles.